The normalized spacial score (nSPS) is 13.5. The van der Waals surface area contributed by atoms with Gasteiger partial charge in [0, 0.05) is 32.9 Å². The Morgan fingerprint density at radius 1 is 1.38 bits per heavy atom. The van der Waals surface area contributed by atoms with E-state index in [-0.39, 0.29) is 36.4 Å². The second-order valence-electron chi connectivity index (χ2n) is 4.99. The highest BCUT2D eigenvalue weighted by molar-refractivity contribution is 14.0. The minimum atomic E-state index is 0. The molecule has 0 unspecified atom stereocenters. The molecule has 0 atom stereocenters. The summed E-state index contributed by atoms with van der Waals surface area (Å²) in [6.45, 7) is 3.90. The molecule has 0 saturated carbocycles. The summed E-state index contributed by atoms with van der Waals surface area (Å²) in [7, 11) is 3.49. The lowest BCUT2D eigenvalue weighted by Gasteiger charge is -2.22. The third-order valence-electron chi connectivity index (χ3n) is 3.34. The van der Waals surface area contributed by atoms with Gasteiger partial charge >= 0.3 is 0 Å². The Morgan fingerprint density at radius 3 is 2.76 bits per heavy atom. The molecule has 6 heteroatoms. The first-order valence-corrected chi connectivity index (χ1v) is 6.97. The number of guanidine groups is 1. The van der Waals surface area contributed by atoms with Crippen LogP contribution >= 0.6 is 24.0 Å². The second kappa shape index (κ2) is 8.21. The first kappa shape index (κ1) is 17.7. The van der Waals surface area contributed by atoms with Crippen LogP contribution in [0.5, 0.6) is 0 Å². The number of benzene rings is 1. The second-order valence-corrected chi connectivity index (χ2v) is 4.99. The summed E-state index contributed by atoms with van der Waals surface area (Å²) in [5.41, 5.74) is 2.52. The Hall–Kier alpha value is -1.31. The smallest absolute Gasteiger partial charge is 0.243 e. The summed E-state index contributed by atoms with van der Waals surface area (Å²) < 4.78 is 0. The van der Waals surface area contributed by atoms with E-state index in [1.807, 2.05) is 13.0 Å². The fourth-order valence-corrected chi connectivity index (χ4v) is 2.24. The molecule has 0 aromatic heterocycles. The number of carbonyl (C=O) groups excluding carboxylic acids is 1. The number of fused-ring (bicyclic) bond motifs is 1. The van der Waals surface area contributed by atoms with Gasteiger partial charge in [0.25, 0.3) is 0 Å². The standard InChI is InChI=1S/C15H22N4O.HI/c1-4-16-15(17-11-14(20)18(2)3)19-10-9-12-7-5-6-8-13(12)19;/h5-8H,4,9-11H2,1-3H3,(H,16,17);1H. The van der Waals surface area contributed by atoms with Gasteiger partial charge in [-0.1, -0.05) is 18.2 Å². The number of para-hydroxylation sites is 1. The Kier molecular flexibility index (Phi) is 6.94. The topological polar surface area (TPSA) is 47.9 Å². The summed E-state index contributed by atoms with van der Waals surface area (Å²) in [5, 5.41) is 3.26. The minimum absolute atomic E-state index is 0. The van der Waals surface area contributed by atoms with E-state index in [1.165, 1.54) is 11.3 Å². The van der Waals surface area contributed by atoms with Gasteiger partial charge in [0.15, 0.2) is 5.96 Å². The largest absolute Gasteiger partial charge is 0.356 e. The number of halogens is 1. The predicted molar refractivity (Wildman–Crippen MR) is 97.6 cm³/mol. The first-order valence-electron chi connectivity index (χ1n) is 6.97. The number of rotatable bonds is 3. The van der Waals surface area contributed by atoms with Gasteiger partial charge in [-0.15, -0.1) is 24.0 Å². The molecule has 1 amide bonds. The van der Waals surface area contributed by atoms with Crippen LogP contribution in [-0.2, 0) is 11.2 Å². The number of aliphatic imine (C=N–C) groups is 1. The number of amides is 1. The summed E-state index contributed by atoms with van der Waals surface area (Å²) in [4.78, 5) is 19.9. The molecule has 1 aromatic rings. The van der Waals surface area contributed by atoms with E-state index in [4.69, 9.17) is 0 Å². The van der Waals surface area contributed by atoms with Crippen LogP contribution in [0, 0.1) is 0 Å². The van der Waals surface area contributed by atoms with Crippen molar-refractivity contribution in [2.45, 2.75) is 13.3 Å². The van der Waals surface area contributed by atoms with E-state index in [2.05, 4.69) is 33.4 Å². The molecule has 0 bridgehead atoms. The van der Waals surface area contributed by atoms with E-state index < -0.39 is 0 Å². The molecule has 1 N–H and O–H groups in total. The van der Waals surface area contributed by atoms with E-state index in [1.54, 1.807) is 19.0 Å². The number of hydrogen-bond donors (Lipinski definition) is 1. The van der Waals surface area contributed by atoms with Crippen molar-refractivity contribution in [3.05, 3.63) is 29.8 Å². The average molecular weight is 402 g/mol. The monoisotopic (exact) mass is 402 g/mol. The lowest BCUT2D eigenvalue weighted by atomic mass is 10.2. The van der Waals surface area contributed by atoms with Crippen molar-refractivity contribution in [1.29, 1.82) is 0 Å². The SMILES string of the molecule is CCNC(=NCC(=O)N(C)C)N1CCc2ccccc21.I. The maximum Gasteiger partial charge on any atom is 0.243 e. The van der Waals surface area contributed by atoms with E-state index in [9.17, 15) is 4.79 Å². The quantitative estimate of drug-likeness (QED) is 0.476. The van der Waals surface area contributed by atoms with Crippen molar-refractivity contribution in [2.75, 3.05) is 38.6 Å². The van der Waals surface area contributed by atoms with Crippen LogP contribution in [0.2, 0.25) is 0 Å². The highest BCUT2D eigenvalue weighted by Crippen LogP contribution is 2.27. The van der Waals surface area contributed by atoms with Gasteiger partial charge in [-0.3, -0.25) is 4.79 Å². The highest BCUT2D eigenvalue weighted by atomic mass is 127. The van der Waals surface area contributed by atoms with Gasteiger partial charge in [0.05, 0.1) is 0 Å². The van der Waals surface area contributed by atoms with Crippen LogP contribution in [0.3, 0.4) is 0 Å². The van der Waals surface area contributed by atoms with Gasteiger partial charge in [-0.25, -0.2) is 4.99 Å². The van der Waals surface area contributed by atoms with Gasteiger partial charge < -0.3 is 15.1 Å². The minimum Gasteiger partial charge on any atom is -0.356 e. The summed E-state index contributed by atoms with van der Waals surface area (Å²) in [6, 6.07) is 8.33. The van der Waals surface area contributed by atoms with Gasteiger partial charge in [0.1, 0.15) is 6.54 Å². The molecule has 1 aliphatic heterocycles. The van der Waals surface area contributed by atoms with Gasteiger partial charge in [-0.2, -0.15) is 0 Å². The lowest BCUT2D eigenvalue weighted by molar-refractivity contribution is -0.127. The number of nitrogens with zero attached hydrogens (tertiary/aromatic N) is 3. The molecule has 0 spiro atoms. The average Bonchev–Trinajstić information content (AvgIpc) is 2.87. The zero-order chi connectivity index (χ0) is 14.5. The molecular weight excluding hydrogens is 379 g/mol. The molecule has 0 fully saturated rings. The molecule has 1 aliphatic rings. The molecule has 0 saturated heterocycles. The summed E-state index contributed by atoms with van der Waals surface area (Å²) in [6.07, 6.45) is 1.02. The van der Waals surface area contributed by atoms with Crippen molar-refractivity contribution >= 4 is 41.5 Å². The number of hydrogen-bond acceptors (Lipinski definition) is 2. The van der Waals surface area contributed by atoms with E-state index in [0.29, 0.717) is 0 Å². The van der Waals surface area contributed by atoms with Gasteiger partial charge in [0.2, 0.25) is 5.91 Å². The molecule has 5 nitrogen and oxygen atoms in total. The fraction of sp³-hybridized carbons (Fsp3) is 0.467. The van der Waals surface area contributed by atoms with Crippen LogP contribution in [-0.4, -0.2) is 50.5 Å². The lowest BCUT2D eigenvalue weighted by Crippen LogP contribution is -2.41. The zero-order valence-corrected chi connectivity index (χ0v) is 15.1. The van der Waals surface area contributed by atoms with E-state index >= 15 is 0 Å². The Labute approximate surface area is 143 Å². The van der Waals surface area contributed by atoms with Crippen molar-refractivity contribution in [2.24, 2.45) is 4.99 Å². The molecule has 21 heavy (non-hydrogen) atoms. The number of anilines is 1. The number of nitrogens with one attached hydrogen (secondary N) is 1. The third-order valence-corrected chi connectivity index (χ3v) is 3.34. The maximum atomic E-state index is 11.7. The molecule has 116 valence electrons. The van der Waals surface area contributed by atoms with Crippen LogP contribution in [0.15, 0.2) is 29.3 Å². The number of carbonyl (C=O) groups is 1. The van der Waals surface area contributed by atoms with Crippen molar-refractivity contribution in [1.82, 2.24) is 10.2 Å². The molecule has 1 heterocycles. The van der Waals surface area contributed by atoms with Crippen molar-refractivity contribution in [3.63, 3.8) is 0 Å². The molecule has 1 aromatic carbocycles. The molecule has 0 aliphatic carbocycles. The highest BCUT2D eigenvalue weighted by Gasteiger charge is 2.22. The molecular formula is C15H23IN4O. The van der Waals surface area contributed by atoms with E-state index in [0.717, 1.165) is 25.5 Å². The summed E-state index contributed by atoms with van der Waals surface area (Å²) in [5.74, 6) is 0.792. The number of likely N-dealkylation sites (N-methyl/N-ethyl adjacent to an activating group) is 1. The van der Waals surface area contributed by atoms with Gasteiger partial charge in [-0.05, 0) is 25.0 Å². The van der Waals surface area contributed by atoms with Crippen LogP contribution in [0.25, 0.3) is 0 Å². The molecule has 2 rings (SSSR count). The Morgan fingerprint density at radius 2 is 2.10 bits per heavy atom. The fourth-order valence-electron chi connectivity index (χ4n) is 2.24. The Balaban J connectivity index is 0.00000220. The first-order chi connectivity index (χ1) is 9.63. The maximum absolute atomic E-state index is 11.7. The zero-order valence-electron chi connectivity index (χ0n) is 12.8. The van der Waals surface area contributed by atoms with Crippen LogP contribution < -0.4 is 10.2 Å². The molecule has 0 radical (unpaired) electrons. The van der Waals surface area contributed by atoms with Crippen LogP contribution in [0.4, 0.5) is 5.69 Å². The van der Waals surface area contributed by atoms with Crippen molar-refractivity contribution in [3.8, 4) is 0 Å². The van der Waals surface area contributed by atoms with Crippen molar-refractivity contribution < 1.29 is 4.79 Å². The third kappa shape index (κ3) is 4.33. The summed E-state index contributed by atoms with van der Waals surface area (Å²) >= 11 is 0. The Bertz CT molecular complexity index is 516. The van der Waals surface area contributed by atoms with Crippen LogP contribution in [0.1, 0.15) is 12.5 Å². The predicted octanol–water partition coefficient (Wildman–Crippen LogP) is 1.72.